The van der Waals surface area contributed by atoms with Crippen molar-refractivity contribution in [2.75, 3.05) is 0 Å². The molecule has 0 aromatic carbocycles. The molecule has 1 atom stereocenters. The van der Waals surface area contributed by atoms with Gasteiger partial charge in [0.25, 0.3) is 0 Å². The molecule has 1 aromatic heterocycles. The molecule has 1 saturated carbocycles. The third-order valence-electron chi connectivity index (χ3n) is 2.88. The van der Waals surface area contributed by atoms with Crippen LogP contribution in [0.25, 0.3) is 0 Å². The van der Waals surface area contributed by atoms with E-state index in [9.17, 15) is 0 Å². The summed E-state index contributed by atoms with van der Waals surface area (Å²) in [7, 11) is 0. The van der Waals surface area contributed by atoms with Crippen molar-refractivity contribution in [3.05, 3.63) is 23.8 Å². The average molecular weight is 192 g/mol. The Labute approximate surface area is 83.9 Å². The third kappa shape index (κ3) is 1.76. The molecule has 0 bridgehead atoms. The molecule has 2 rings (SSSR count). The van der Waals surface area contributed by atoms with Crippen LogP contribution in [-0.4, -0.2) is 9.97 Å². The summed E-state index contributed by atoms with van der Waals surface area (Å²) in [6.07, 6.45) is 7.43. The zero-order chi connectivity index (χ0) is 9.97. The van der Waals surface area contributed by atoms with E-state index in [-0.39, 0.29) is 6.04 Å². The number of nitrogens with two attached hydrogens (primary N) is 1. The third-order valence-corrected chi connectivity index (χ3v) is 2.88. The highest BCUT2D eigenvalue weighted by molar-refractivity contribution is 5.06. The molecule has 1 aliphatic rings. The van der Waals surface area contributed by atoms with Gasteiger partial charge in [0.1, 0.15) is 5.82 Å². The molecule has 0 amide bonds. The molecule has 4 heteroatoms. The fraction of sp³-hybridized carbons (Fsp3) is 0.600. The topological polar surface area (TPSA) is 63.8 Å². The molecule has 0 aliphatic heterocycles. The van der Waals surface area contributed by atoms with Gasteiger partial charge < -0.3 is 0 Å². The first-order valence-corrected chi connectivity index (χ1v) is 5.06. The van der Waals surface area contributed by atoms with Crippen molar-refractivity contribution in [2.24, 2.45) is 11.8 Å². The quantitative estimate of drug-likeness (QED) is 0.556. The van der Waals surface area contributed by atoms with Crippen LogP contribution in [0.3, 0.4) is 0 Å². The Morgan fingerprint density at radius 2 is 2.07 bits per heavy atom. The van der Waals surface area contributed by atoms with Gasteiger partial charge in [-0.15, -0.1) is 0 Å². The standard InChI is InChI=1S/C10H16N4/c1-7-5-12-10(13-6-7)9(14-11)8-3-2-4-8/h5-6,8-9,14H,2-4,11H2,1H3. The van der Waals surface area contributed by atoms with E-state index < -0.39 is 0 Å². The van der Waals surface area contributed by atoms with Gasteiger partial charge in [-0.1, -0.05) is 6.42 Å². The second kappa shape index (κ2) is 4.02. The normalized spacial score (nSPS) is 19.0. The predicted molar refractivity (Wildman–Crippen MR) is 54.2 cm³/mol. The molecule has 0 radical (unpaired) electrons. The van der Waals surface area contributed by atoms with Crippen molar-refractivity contribution in [2.45, 2.75) is 32.2 Å². The number of rotatable bonds is 3. The SMILES string of the molecule is Cc1cnc(C(NN)C2CCC2)nc1. The van der Waals surface area contributed by atoms with Crippen molar-refractivity contribution >= 4 is 0 Å². The number of aromatic nitrogens is 2. The van der Waals surface area contributed by atoms with Gasteiger partial charge in [-0.3, -0.25) is 5.84 Å². The van der Waals surface area contributed by atoms with Crippen LogP contribution in [0.4, 0.5) is 0 Å². The number of nitrogens with one attached hydrogen (secondary N) is 1. The summed E-state index contributed by atoms with van der Waals surface area (Å²) in [4.78, 5) is 8.60. The van der Waals surface area contributed by atoms with E-state index in [1.807, 2.05) is 19.3 Å². The Kier molecular flexibility index (Phi) is 2.74. The molecule has 14 heavy (non-hydrogen) atoms. The first-order chi connectivity index (χ1) is 6.81. The van der Waals surface area contributed by atoms with Gasteiger partial charge in [0.2, 0.25) is 0 Å². The average Bonchev–Trinajstić information content (AvgIpc) is 2.13. The van der Waals surface area contributed by atoms with Crippen molar-refractivity contribution in [1.82, 2.24) is 15.4 Å². The number of hydrazine groups is 1. The van der Waals surface area contributed by atoms with Crippen LogP contribution in [0.1, 0.15) is 36.7 Å². The first-order valence-electron chi connectivity index (χ1n) is 5.06. The molecule has 0 saturated heterocycles. The summed E-state index contributed by atoms with van der Waals surface area (Å²) in [5.41, 5.74) is 3.90. The molecule has 1 aliphatic carbocycles. The monoisotopic (exact) mass is 192 g/mol. The Balaban J connectivity index is 2.14. The van der Waals surface area contributed by atoms with Gasteiger partial charge in [-0.05, 0) is 31.2 Å². The fourth-order valence-corrected chi connectivity index (χ4v) is 1.76. The highest BCUT2D eigenvalue weighted by atomic mass is 15.3. The number of hydrogen-bond acceptors (Lipinski definition) is 4. The van der Waals surface area contributed by atoms with Crippen LogP contribution in [-0.2, 0) is 0 Å². The second-order valence-corrected chi connectivity index (χ2v) is 3.95. The summed E-state index contributed by atoms with van der Waals surface area (Å²) in [6.45, 7) is 1.98. The highest BCUT2D eigenvalue weighted by Gasteiger charge is 2.29. The summed E-state index contributed by atoms with van der Waals surface area (Å²) in [5, 5.41) is 0. The zero-order valence-corrected chi connectivity index (χ0v) is 8.40. The summed E-state index contributed by atoms with van der Waals surface area (Å²) >= 11 is 0. The molecule has 0 spiro atoms. The van der Waals surface area contributed by atoms with Crippen LogP contribution in [0.2, 0.25) is 0 Å². The van der Waals surface area contributed by atoms with Crippen molar-refractivity contribution in [3.8, 4) is 0 Å². The Bertz CT molecular complexity index is 291. The van der Waals surface area contributed by atoms with E-state index in [4.69, 9.17) is 5.84 Å². The van der Waals surface area contributed by atoms with E-state index in [2.05, 4.69) is 15.4 Å². The fourth-order valence-electron chi connectivity index (χ4n) is 1.76. The Morgan fingerprint density at radius 3 is 2.50 bits per heavy atom. The first kappa shape index (κ1) is 9.55. The van der Waals surface area contributed by atoms with Gasteiger partial charge in [0.05, 0.1) is 6.04 Å². The molecular formula is C10H16N4. The van der Waals surface area contributed by atoms with E-state index in [0.717, 1.165) is 11.4 Å². The predicted octanol–water partition coefficient (Wildman–Crippen LogP) is 1.09. The number of hydrogen-bond donors (Lipinski definition) is 2. The van der Waals surface area contributed by atoms with E-state index in [0.29, 0.717) is 5.92 Å². The van der Waals surface area contributed by atoms with Crippen molar-refractivity contribution in [1.29, 1.82) is 0 Å². The maximum Gasteiger partial charge on any atom is 0.146 e. The van der Waals surface area contributed by atoms with Gasteiger partial charge in [0, 0.05) is 12.4 Å². The van der Waals surface area contributed by atoms with Gasteiger partial charge in [0.15, 0.2) is 0 Å². The molecule has 1 heterocycles. The minimum atomic E-state index is 0.129. The summed E-state index contributed by atoms with van der Waals surface area (Å²) in [5.74, 6) is 6.96. The lowest BCUT2D eigenvalue weighted by atomic mass is 9.79. The highest BCUT2D eigenvalue weighted by Crippen LogP contribution is 2.35. The smallest absolute Gasteiger partial charge is 0.146 e. The lowest BCUT2D eigenvalue weighted by molar-refractivity contribution is 0.224. The molecule has 1 aromatic rings. The molecule has 1 unspecified atom stereocenters. The largest absolute Gasteiger partial charge is 0.271 e. The van der Waals surface area contributed by atoms with Crippen LogP contribution in [0, 0.1) is 12.8 Å². The Morgan fingerprint density at radius 1 is 1.43 bits per heavy atom. The zero-order valence-electron chi connectivity index (χ0n) is 8.40. The Hall–Kier alpha value is -1.00. The lowest BCUT2D eigenvalue weighted by Gasteiger charge is -2.32. The molecule has 4 nitrogen and oxygen atoms in total. The maximum absolute atomic E-state index is 5.52. The van der Waals surface area contributed by atoms with Crippen LogP contribution < -0.4 is 11.3 Å². The van der Waals surface area contributed by atoms with E-state index >= 15 is 0 Å². The maximum atomic E-state index is 5.52. The molecular weight excluding hydrogens is 176 g/mol. The minimum absolute atomic E-state index is 0.129. The van der Waals surface area contributed by atoms with Gasteiger partial charge in [-0.2, -0.15) is 0 Å². The number of nitrogens with zero attached hydrogens (tertiary/aromatic N) is 2. The van der Waals surface area contributed by atoms with Crippen LogP contribution in [0.5, 0.6) is 0 Å². The second-order valence-electron chi connectivity index (χ2n) is 3.95. The van der Waals surface area contributed by atoms with Gasteiger partial charge in [-0.25, -0.2) is 15.4 Å². The molecule has 3 N–H and O–H groups in total. The minimum Gasteiger partial charge on any atom is -0.271 e. The molecule has 1 fully saturated rings. The van der Waals surface area contributed by atoms with Crippen molar-refractivity contribution < 1.29 is 0 Å². The van der Waals surface area contributed by atoms with E-state index in [1.165, 1.54) is 19.3 Å². The lowest BCUT2D eigenvalue weighted by Crippen LogP contribution is -2.37. The summed E-state index contributed by atoms with van der Waals surface area (Å²) < 4.78 is 0. The molecule has 76 valence electrons. The van der Waals surface area contributed by atoms with Crippen LogP contribution in [0.15, 0.2) is 12.4 Å². The van der Waals surface area contributed by atoms with Crippen LogP contribution >= 0.6 is 0 Å². The number of aryl methyl sites for hydroxylation is 1. The summed E-state index contributed by atoms with van der Waals surface area (Å²) in [6, 6.07) is 0.129. The van der Waals surface area contributed by atoms with E-state index in [1.54, 1.807) is 0 Å². The van der Waals surface area contributed by atoms with Gasteiger partial charge >= 0.3 is 0 Å². The van der Waals surface area contributed by atoms with Crippen molar-refractivity contribution in [3.63, 3.8) is 0 Å².